The van der Waals surface area contributed by atoms with Crippen LogP contribution in [0.4, 0.5) is 5.69 Å². The summed E-state index contributed by atoms with van der Waals surface area (Å²) in [5, 5.41) is 7.18. The van der Waals surface area contributed by atoms with Crippen LogP contribution in [0.15, 0.2) is 53.8 Å². The molecule has 0 aliphatic carbocycles. The Balaban J connectivity index is 2.10. The fraction of sp³-hybridized carbons (Fsp3) is 0. The highest BCUT2D eigenvalue weighted by Gasteiger charge is 2.14. The number of rotatable bonds is 1. The Morgan fingerprint density at radius 2 is 2.06 bits per heavy atom. The maximum atomic E-state index is 4.06. The zero-order valence-electron chi connectivity index (χ0n) is 8.59. The van der Waals surface area contributed by atoms with Crippen LogP contribution in [0.2, 0.25) is 0 Å². The zero-order chi connectivity index (χ0) is 10.8. The molecule has 2 aliphatic heterocycles. The first-order chi connectivity index (χ1) is 7.95. The van der Waals surface area contributed by atoms with Crippen molar-refractivity contribution >= 4 is 17.6 Å². The van der Waals surface area contributed by atoms with Crippen molar-refractivity contribution < 1.29 is 0 Å². The van der Waals surface area contributed by atoms with Gasteiger partial charge in [0.05, 0.1) is 11.9 Å². The van der Waals surface area contributed by atoms with E-state index in [4.69, 9.17) is 0 Å². The summed E-state index contributed by atoms with van der Waals surface area (Å²) < 4.78 is 0. The summed E-state index contributed by atoms with van der Waals surface area (Å²) in [6.45, 7) is 0. The van der Waals surface area contributed by atoms with Crippen LogP contribution in [0.5, 0.6) is 0 Å². The lowest BCUT2D eigenvalue weighted by Crippen LogP contribution is -2.05. The van der Waals surface area contributed by atoms with E-state index in [9.17, 15) is 0 Å². The molecule has 3 heteroatoms. The Morgan fingerprint density at radius 3 is 3.06 bits per heavy atom. The molecule has 0 unspecified atom stereocenters. The van der Waals surface area contributed by atoms with E-state index >= 15 is 0 Å². The molecule has 1 N–H and O–H groups in total. The molecule has 77 valence electrons. The molecule has 2 heterocycles. The van der Waals surface area contributed by atoms with Gasteiger partial charge in [0.25, 0.3) is 0 Å². The van der Waals surface area contributed by atoms with E-state index in [1.807, 2.05) is 42.6 Å². The van der Waals surface area contributed by atoms with Crippen molar-refractivity contribution in [2.45, 2.75) is 0 Å². The van der Waals surface area contributed by atoms with Gasteiger partial charge in [0, 0.05) is 23.0 Å². The van der Waals surface area contributed by atoms with Crippen LogP contribution in [-0.4, -0.2) is 6.21 Å². The van der Waals surface area contributed by atoms with E-state index in [1.165, 1.54) is 0 Å². The number of nitrogens with zero attached hydrogens (tertiary/aromatic N) is 2. The summed E-state index contributed by atoms with van der Waals surface area (Å²) in [5.74, 6) is 0. The van der Waals surface area contributed by atoms with Gasteiger partial charge in [-0.05, 0) is 18.2 Å². The number of fused-ring (bicyclic) bond motifs is 1. The average Bonchev–Trinajstić information content (AvgIpc) is 2.63. The third-order valence-corrected chi connectivity index (χ3v) is 2.55. The predicted molar refractivity (Wildman–Crippen MR) is 65.2 cm³/mol. The highest BCUT2D eigenvalue weighted by Crippen LogP contribution is 2.26. The second-order valence-corrected chi connectivity index (χ2v) is 3.55. The zero-order valence-corrected chi connectivity index (χ0v) is 8.59. The molecule has 2 aliphatic rings. The monoisotopic (exact) mass is 208 g/mol. The van der Waals surface area contributed by atoms with Gasteiger partial charge in [-0.25, -0.2) is 0 Å². The van der Waals surface area contributed by atoms with Crippen LogP contribution in [0.1, 0.15) is 11.1 Å². The first-order valence-electron chi connectivity index (χ1n) is 5.13. The van der Waals surface area contributed by atoms with Crippen LogP contribution in [-0.2, 0) is 0 Å². The number of hydrogen-bond acceptors (Lipinski definition) is 2. The lowest BCUT2D eigenvalue weighted by molar-refractivity contribution is 0.991. The number of hydrogen-bond donors (Lipinski definition) is 1. The summed E-state index contributed by atoms with van der Waals surface area (Å²) in [6.07, 6.45) is 11.7. The van der Waals surface area contributed by atoms with Crippen LogP contribution in [0, 0.1) is 0 Å². The maximum absolute atomic E-state index is 4.06. The Bertz CT molecular complexity index is 536. The topological polar surface area (TPSA) is 38.5 Å². The molecule has 16 heavy (non-hydrogen) atoms. The predicted octanol–water partition coefficient (Wildman–Crippen LogP) is 2.28. The smallest absolute Gasteiger partial charge is 0.0952 e. The van der Waals surface area contributed by atoms with Crippen molar-refractivity contribution in [3.63, 3.8) is 0 Å². The third kappa shape index (κ3) is 1.42. The Labute approximate surface area is 93.9 Å². The van der Waals surface area contributed by atoms with Crippen LogP contribution in [0.3, 0.4) is 0 Å². The minimum absolute atomic E-state index is 0.928. The molecule has 0 bridgehead atoms. The Hall–Kier alpha value is -2.29. The fourth-order valence-corrected chi connectivity index (χ4v) is 1.78. The van der Waals surface area contributed by atoms with Gasteiger partial charge in [-0.2, -0.15) is 10.5 Å². The molecular formula is C13H10N3. The molecule has 1 aromatic carbocycles. The van der Waals surface area contributed by atoms with E-state index < -0.39 is 0 Å². The van der Waals surface area contributed by atoms with Gasteiger partial charge in [0.2, 0.25) is 0 Å². The molecule has 0 saturated carbocycles. The van der Waals surface area contributed by atoms with Crippen molar-refractivity contribution in [2.24, 2.45) is 5.10 Å². The van der Waals surface area contributed by atoms with Gasteiger partial charge in [-0.1, -0.05) is 24.3 Å². The molecule has 0 aromatic heterocycles. The van der Waals surface area contributed by atoms with Gasteiger partial charge < -0.3 is 5.32 Å². The molecular weight excluding hydrogens is 198 g/mol. The van der Waals surface area contributed by atoms with E-state index in [-0.39, 0.29) is 0 Å². The minimum Gasteiger partial charge on any atom is -0.361 e. The quantitative estimate of drug-likeness (QED) is 0.755. The highest BCUT2D eigenvalue weighted by atomic mass is 15.3. The van der Waals surface area contributed by atoms with E-state index in [2.05, 4.69) is 21.9 Å². The van der Waals surface area contributed by atoms with Crippen LogP contribution < -0.4 is 10.7 Å². The molecule has 0 spiro atoms. The second kappa shape index (κ2) is 3.70. The van der Waals surface area contributed by atoms with Gasteiger partial charge in [0.15, 0.2) is 0 Å². The van der Waals surface area contributed by atoms with Gasteiger partial charge in [0.1, 0.15) is 0 Å². The number of benzene rings is 1. The second-order valence-electron chi connectivity index (χ2n) is 3.55. The molecule has 0 fully saturated rings. The molecule has 3 nitrogen and oxygen atoms in total. The van der Waals surface area contributed by atoms with Crippen molar-refractivity contribution in [3.8, 4) is 0 Å². The molecule has 1 aromatic rings. The first-order valence-corrected chi connectivity index (χ1v) is 5.13. The average molecular weight is 208 g/mol. The minimum atomic E-state index is 0.928. The normalized spacial score (nSPS) is 16.1. The molecule has 1 radical (unpaired) electrons. The first kappa shape index (κ1) is 8.97. The van der Waals surface area contributed by atoms with Crippen LogP contribution >= 0.6 is 0 Å². The summed E-state index contributed by atoms with van der Waals surface area (Å²) in [6, 6.07) is 6.03. The van der Waals surface area contributed by atoms with Crippen molar-refractivity contribution in [3.05, 3.63) is 59.8 Å². The summed E-state index contributed by atoms with van der Waals surface area (Å²) in [4.78, 5) is 0. The Kier molecular flexibility index (Phi) is 2.07. The number of allylic oxidation sites excluding steroid dienone is 4. The highest BCUT2D eigenvalue weighted by molar-refractivity contribution is 5.96. The standard InChI is InChI=1S/C13H10N3/c1-2-6-12(14-8-3-1)10-5-4-7-13-11(10)9-15-16-13/h1-9,14H. The molecule has 0 saturated heterocycles. The molecule has 3 rings (SSSR count). The summed E-state index contributed by atoms with van der Waals surface area (Å²) >= 11 is 0. The molecule has 0 atom stereocenters. The lowest BCUT2D eigenvalue weighted by Gasteiger charge is -2.09. The van der Waals surface area contributed by atoms with Gasteiger partial charge in [-0.3, -0.25) is 0 Å². The summed E-state index contributed by atoms with van der Waals surface area (Å²) in [5.41, 5.74) is 8.24. The fourth-order valence-electron chi connectivity index (χ4n) is 1.78. The number of nitrogens with one attached hydrogen (secondary N) is 1. The maximum Gasteiger partial charge on any atom is 0.0952 e. The SMILES string of the molecule is C1=CC=C(c2cccc3c2C=N[N]3)NC=C1. The van der Waals surface area contributed by atoms with Crippen molar-refractivity contribution in [2.75, 3.05) is 0 Å². The van der Waals surface area contributed by atoms with Crippen molar-refractivity contribution in [1.29, 1.82) is 0 Å². The Morgan fingerprint density at radius 1 is 1.06 bits per heavy atom. The van der Waals surface area contributed by atoms with Crippen molar-refractivity contribution in [1.82, 2.24) is 10.7 Å². The van der Waals surface area contributed by atoms with E-state index in [1.54, 1.807) is 6.21 Å². The third-order valence-electron chi connectivity index (χ3n) is 2.55. The summed E-state index contributed by atoms with van der Waals surface area (Å²) in [7, 11) is 0. The lowest BCUT2D eigenvalue weighted by atomic mass is 10.0. The van der Waals surface area contributed by atoms with E-state index in [0.29, 0.717) is 0 Å². The van der Waals surface area contributed by atoms with Crippen LogP contribution in [0.25, 0.3) is 5.70 Å². The van der Waals surface area contributed by atoms with Gasteiger partial charge in [-0.15, -0.1) is 0 Å². The van der Waals surface area contributed by atoms with E-state index in [0.717, 1.165) is 22.5 Å². The van der Waals surface area contributed by atoms with Gasteiger partial charge >= 0.3 is 0 Å². The largest absolute Gasteiger partial charge is 0.361 e. The molecule has 0 amide bonds.